The number of piperazine rings is 1. The monoisotopic (exact) mass is 504 g/mol. The van der Waals surface area contributed by atoms with E-state index in [1.54, 1.807) is 42.7 Å². The standard InChI is InChI=1S/C25H28N8O2S/c1-19-4-8-21(9-5-19)23(31-14-16-32(17-15-31)25-26-12-3-13-27-25)24-28-29-30-33(24)18-36(34,35)22-10-6-20(2)7-11-22/h3-13,23H,14-18H2,1-2H3/t23-/m1/s1. The van der Waals surface area contributed by atoms with Gasteiger partial charge in [-0.05, 0) is 48.0 Å². The molecular weight excluding hydrogens is 476 g/mol. The molecule has 2 aromatic heterocycles. The van der Waals surface area contributed by atoms with Gasteiger partial charge in [-0.1, -0.05) is 47.5 Å². The molecule has 36 heavy (non-hydrogen) atoms. The molecule has 1 aliphatic heterocycles. The fourth-order valence-electron chi connectivity index (χ4n) is 4.39. The van der Waals surface area contributed by atoms with Gasteiger partial charge >= 0.3 is 0 Å². The van der Waals surface area contributed by atoms with Crippen molar-refractivity contribution in [2.24, 2.45) is 0 Å². The molecule has 186 valence electrons. The Bertz CT molecular complexity index is 1400. The van der Waals surface area contributed by atoms with Crippen LogP contribution >= 0.6 is 0 Å². The van der Waals surface area contributed by atoms with E-state index in [1.807, 2.05) is 26.0 Å². The van der Waals surface area contributed by atoms with Gasteiger partial charge in [-0.2, -0.15) is 0 Å². The van der Waals surface area contributed by atoms with Gasteiger partial charge in [-0.3, -0.25) is 4.90 Å². The summed E-state index contributed by atoms with van der Waals surface area (Å²) in [7, 11) is -3.64. The van der Waals surface area contributed by atoms with Crippen LogP contribution in [0.15, 0.2) is 71.9 Å². The maximum Gasteiger partial charge on any atom is 0.225 e. The Hall–Kier alpha value is -3.70. The van der Waals surface area contributed by atoms with Crippen molar-refractivity contribution in [1.29, 1.82) is 0 Å². The van der Waals surface area contributed by atoms with Gasteiger partial charge < -0.3 is 4.90 Å². The van der Waals surface area contributed by atoms with Gasteiger partial charge in [0.25, 0.3) is 0 Å². The third kappa shape index (κ3) is 5.12. The molecule has 1 fully saturated rings. The summed E-state index contributed by atoms with van der Waals surface area (Å²) in [5, 5.41) is 12.3. The minimum atomic E-state index is -3.64. The number of aromatic nitrogens is 6. The largest absolute Gasteiger partial charge is 0.338 e. The lowest BCUT2D eigenvalue weighted by atomic mass is 10.0. The van der Waals surface area contributed by atoms with E-state index in [-0.39, 0.29) is 16.8 Å². The average molecular weight is 505 g/mol. The van der Waals surface area contributed by atoms with Crippen LogP contribution in [0.2, 0.25) is 0 Å². The average Bonchev–Trinajstić information content (AvgIpc) is 3.33. The lowest BCUT2D eigenvalue weighted by molar-refractivity contribution is 0.201. The Labute approximate surface area is 210 Å². The number of hydrogen-bond donors (Lipinski definition) is 0. The van der Waals surface area contributed by atoms with E-state index in [2.05, 4.69) is 47.4 Å². The molecular formula is C25H28N8O2S. The van der Waals surface area contributed by atoms with Gasteiger partial charge in [0.1, 0.15) is 0 Å². The van der Waals surface area contributed by atoms with Crippen molar-refractivity contribution in [2.45, 2.75) is 30.7 Å². The van der Waals surface area contributed by atoms with Crippen LogP contribution in [0, 0.1) is 13.8 Å². The highest BCUT2D eigenvalue weighted by Gasteiger charge is 2.32. The predicted octanol–water partition coefficient (Wildman–Crippen LogP) is 2.42. The van der Waals surface area contributed by atoms with E-state index in [1.165, 1.54) is 4.68 Å². The van der Waals surface area contributed by atoms with Gasteiger partial charge in [0.05, 0.1) is 10.9 Å². The van der Waals surface area contributed by atoms with Crippen LogP contribution in [0.1, 0.15) is 28.6 Å². The van der Waals surface area contributed by atoms with Crippen molar-refractivity contribution in [1.82, 2.24) is 35.1 Å². The molecule has 0 amide bonds. The third-order valence-corrected chi connectivity index (χ3v) is 7.96. The van der Waals surface area contributed by atoms with Crippen molar-refractivity contribution in [3.63, 3.8) is 0 Å². The zero-order valence-electron chi connectivity index (χ0n) is 20.3. The molecule has 1 aliphatic rings. The number of sulfone groups is 1. The van der Waals surface area contributed by atoms with Gasteiger partial charge in [0, 0.05) is 38.6 Å². The van der Waals surface area contributed by atoms with Crippen LogP contribution < -0.4 is 4.90 Å². The first-order valence-corrected chi connectivity index (χ1v) is 13.4. The summed E-state index contributed by atoms with van der Waals surface area (Å²) in [6, 6.07) is 16.5. The first kappa shape index (κ1) is 24.0. The Morgan fingerprint density at radius 1 is 0.861 bits per heavy atom. The molecule has 10 nitrogen and oxygen atoms in total. The second kappa shape index (κ2) is 10.1. The van der Waals surface area contributed by atoms with Crippen LogP contribution in [0.4, 0.5) is 5.95 Å². The summed E-state index contributed by atoms with van der Waals surface area (Å²) < 4.78 is 27.8. The molecule has 1 atom stereocenters. The van der Waals surface area contributed by atoms with Gasteiger partial charge in [0.2, 0.25) is 5.95 Å². The molecule has 0 N–H and O–H groups in total. The molecule has 4 aromatic rings. The summed E-state index contributed by atoms with van der Waals surface area (Å²) in [5.41, 5.74) is 3.15. The van der Waals surface area contributed by atoms with Crippen molar-refractivity contribution in [3.05, 3.63) is 89.5 Å². The molecule has 0 aliphatic carbocycles. The van der Waals surface area contributed by atoms with Crippen molar-refractivity contribution in [3.8, 4) is 0 Å². The van der Waals surface area contributed by atoms with Crippen LogP contribution in [0.25, 0.3) is 0 Å². The number of rotatable bonds is 7. The van der Waals surface area contributed by atoms with Gasteiger partial charge in [0.15, 0.2) is 21.5 Å². The molecule has 5 rings (SSSR count). The zero-order valence-corrected chi connectivity index (χ0v) is 21.1. The van der Waals surface area contributed by atoms with Gasteiger partial charge in [-0.15, -0.1) is 5.10 Å². The molecule has 0 saturated carbocycles. The zero-order chi connectivity index (χ0) is 25.1. The quantitative estimate of drug-likeness (QED) is 0.375. The summed E-state index contributed by atoms with van der Waals surface area (Å²) in [5.74, 6) is 0.871. The predicted molar refractivity (Wildman–Crippen MR) is 135 cm³/mol. The van der Waals surface area contributed by atoms with E-state index in [0.717, 1.165) is 29.8 Å². The minimum absolute atomic E-state index is 0.248. The highest BCUT2D eigenvalue weighted by Crippen LogP contribution is 2.29. The van der Waals surface area contributed by atoms with Crippen LogP contribution in [-0.2, 0) is 15.7 Å². The van der Waals surface area contributed by atoms with Crippen molar-refractivity contribution >= 4 is 15.8 Å². The molecule has 3 heterocycles. The van der Waals surface area contributed by atoms with Crippen molar-refractivity contribution in [2.75, 3.05) is 31.1 Å². The van der Waals surface area contributed by atoms with E-state index in [0.29, 0.717) is 24.9 Å². The minimum Gasteiger partial charge on any atom is -0.338 e. The van der Waals surface area contributed by atoms with Crippen LogP contribution in [-0.4, -0.2) is 69.7 Å². The van der Waals surface area contributed by atoms with E-state index < -0.39 is 9.84 Å². The van der Waals surface area contributed by atoms with Crippen molar-refractivity contribution < 1.29 is 8.42 Å². The second-order valence-electron chi connectivity index (χ2n) is 8.98. The summed E-state index contributed by atoms with van der Waals surface area (Å²) >= 11 is 0. The fourth-order valence-corrected chi connectivity index (χ4v) is 5.59. The van der Waals surface area contributed by atoms with Crippen LogP contribution in [0.5, 0.6) is 0 Å². The SMILES string of the molecule is Cc1ccc([C@H](c2nnnn2CS(=O)(=O)c2ccc(C)cc2)N2CCN(c3ncccn3)CC2)cc1. The fraction of sp³-hybridized carbons (Fsp3) is 0.320. The Balaban J connectivity index is 1.44. The highest BCUT2D eigenvalue weighted by molar-refractivity contribution is 7.90. The molecule has 0 unspecified atom stereocenters. The first-order chi connectivity index (χ1) is 17.4. The number of benzene rings is 2. The lowest BCUT2D eigenvalue weighted by Crippen LogP contribution is -2.49. The smallest absolute Gasteiger partial charge is 0.225 e. The number of nitrogens with zero attached hydrogens (tertiary/aromatic N) is 8. The molecule has 0 bridgehead atoms. The van der Waals surface area contributed by atoms with Gasteiger partial charge in [-0.25, -0.2) is 23.1 Å². The normalized spacial score (nSPS) is 15.7. The Morgan fingerprint density at radius 3 is 2.11 bits per heavy atom. The number of aryl methyl sites for hydroxylation is 2. The molecule has 0 radical (unpaired) electrons. The third-order valence-electron chi connectivity index (χ3n) is 6.38. The van der Waals surface area contributed by atoms with E-state index >= 15 is 0 Å². The topological polar surface area (TPSA) is 110 Å². The van der Waals surface area contributed by atoms with Crippen LogP contribution in [0.3, 0.4) is 0 Å². The maximum absolute atomic E-state index is 13.2. The summed E-state index contributed by atoms with van der Waals surface area (Å²) in [4.78, 5) is 13.4. The highest BCUT2D eigenvalue weighted by atomic mass is 32.2. The Morgan fingerprint density at radius 2 is 1.47 bits per heavy atom. The molecule has 11 heteroatoms. The number of tetrazole rings is 1. The summed E-state index contributed by atoms with van der Waals surface area (Å²) in [6.07, 6.45) is 3.49. The lowest BCUT2D eigenvalue weighted by Gasteiger charge is -2.38. The molecule has 1 saturated heterocycles. The van der Waals surface area contributed by atoms with E-state index in [4.69, 9.17) is 0 Å². The second-order valence-corrected chi connectivity index (χ2v) is 10.9. The first-order valence-electron chi connectivity index (χ1n) is 11.8. The number of anilines is 1. The Kier molecular flexibility index (Phi) is 6.75. The van der Waals surface area contributed by atoms with E-state index in [9.17, 15) is 8.42 Å². The molecule has 2 aromatic carbocycles. The maximum atomic E-state index is 13.2. The molecule has 0 spiro atoms. The summed E-state index contributed by atoms with van der Waals surface area (Å²) in [6.45, 7) is 6.86. The number of hydrogen-bond acceptors (Lipinski definition) is 9.